The Morgan fingerprint density at radius 1 is 1.03 bits per heavy atom. The second-order valence-electron chi connectivity index (χ2n) is 8.41. The normalized spacial score (nSPS) is 15.9. The van der Waals surface area contributed by atoms with E-state index in [0.717, 1.165) is 23.0 Å². The monoisotopic (exact) mass is 481 g/mol. The van der Waals surface area contributed by atoms with Gasteiger partial charge < -0.3 is 9.42 Å². The molecular weight excluding hydrogens is 459 g/mol. The number of carbonyl (C=O) groups is 1. The van der Waals surface area contributed by atoms with Gasteiger partial charge in [-0.3, -0.25) is 14.7 Å². The van der Waals surface area contributed by atoms with Crippen LogP contribution in [0.2, 0.25) is 0 Å². The molecule has 2 aromatic carbocycles. The summed E-state index contributed by atoms with van der Waals surface area (Å²) in [4.78, 5) is 25.8. The highest BCUT2D eigenvalue weighted by Gasteiger charge is 2.32. The van der Waals surface area contributed by atoms with Crippen LogP contribution in [0.3, 0.4) is 0 Å². The first-order valence-corrected chi connectivity index (χ1v) is 11.2. The summed E-state index contributed by atoms with van der Waals surface area (Å²) < 4.78 is 44.5. The largest absolute Gasteiger partial charge is 0.416 e. The van der Waals surface area contributed by atoms with Crippen molar-refractivity contribution < 1.29 is 22.5 Å². The van der Waals surface area contributed by atoms with Gasteiger partial charge in [-0.2, -0.15) is 18.2 Å². The average molecular weight is 481 g/mol. The number of hydrogen-bond acceptors (Lipinski definition) is 6. The molecule has 7 nitrogen and oxygen atoms in total. The van der Waals surface area contributed by atoms with E-state index in [1.165, 1.54) is 12.1 Å². The van der Waals surface area contributed by atoms with Gasteiger partial charge in [0.1, 0.15) is 0 Å². The smallest absolute Gasteiger partial charge is 0.337 e. The molecule has 0 aliphatic carbocycles. The van der Waals surface area contributed by atoms with Gasteiger partial charge in [0.2, 0.25) is 11.7 Å². The molecule has 2 aromatic heterocycles. The zero-order chi connectivity index (χ0) is 24.6. The number of carbonyl (C=O) groups excluding carboxylic acids is 1. The second-order valence-corrected chi connectivity index (χ2v) is 8.41. The van der Waals surface area contributed by atoms with E-state index in [4.69, 9.17) is 4.52 Å². The first-order chi connectivity index (χ1) is 16.8. The Morgan fingerprint density at radius 2 is 1.80 bits per heavy atom. The quantitative estimate of drug-likeness (QED) is 0.416. The molecule has 0 radical (unpaired) electrons. The molecule has 35 heavy (non-hydrogen) atoms. The highest BCUT2D eigenvalue weighted by molar-refractivity contribution is 6.06. The van der Waals surface area contributed by atoms with Crippen molar-refractivity contribution in [2.75, 3.05) is 26.2 Å². The van der Waals surface area contributed by atoms with Gasteiger partial charge in [-0.25, -0.2) is 0 Å². The predicted molar refractivity (Wildman–Crippen MR) is 122 cm³/mol. The number of para-hydroxylation sites is 1. The summed E-state index contributed by atoms with van der Waals surface area (Å²) in [5, 5.41) is 4.71. The third-order valence-electron chi connectivity index (χ3n) is 6.28. The van der Waals surface area contributed by atoms with Crippen LogP contribution in [0.25, 0.3) is 22.3 Å². The van der Waals surface area contributed by atoms with Crippen LogP contribution in [0.1, 0.15) is 34.8 Å². The van der Waals surface area contributed by atoms with Gasteiger partial charge in [-0.15, -0.1) is 0 Å². The standard InChI is InChI=1S/C25H22F3N5O2/c1-16(23-30-22(31-35-23)17-5-4-6-18(15-17)25(26,27)28)32-11-13-33(14-12-32)24(34)20-9-10-29-21-8-3-2-7-19(20)21/h2-10,15-16H,11-14H2,1H3. The van der Waals surface area contributed by atoms with Crippen molar-refractivity contribution in [2.45, 2.75) is 19.1 Å². The van der Waals surface area contributed by atoms with Crippen LogP contribution >= 0.6 is 0 Å². The maximum absolute atomic E-state index is 13.2. The SMILES string of the molecule is CC(c1nc(-c2cccc(C(F)(F)F)c2)no1)N1CCN(C(=O)c2ccnc3ccccc23)CC1. The summed E-state index contributed by atoms with van der Waals surface area (Å²) >= 11 is 0. The number of fused-ring (bicyclic) bond motifs is 1. The zero-order valence-corrected chi connectivity index (χ0v) is 18.9. The fourth-order valence-corrected chi connectivity index (χ4v) is 4.28. The topological polar surface area (TPSA) is 75.4 Å². The van der Waals surface area contributed by atoms with Crippen molar-refractivity contribution in [1.82, 2.24) is 24.9 Å². The lowest BCUT2D eigenvalue weighted by Gasteiger charge is -2.37. The summed E-state index contributed by atoms with van der Waals surface area (Å²) in [7, 11) is 0. The third-order valence-corrected chi connectivity index (χ3v) is 6.28. The average Bonchev–Trinajstić information content (AvgIpc) is 3.38. The number of halogens is 3. The van der Waals surface area contributed by atoms with Crippen LogP contribution in [0.15, 0.2) is 65.3 Å². The Balaban J connectivity index is 1.26. The predicted octanol–water partition coefficient (Wildman–Crippen LogP) is 4.82. The highest BCUT2D eigenvalue weighted by atomic mass is 19.4. The molecule has 10 heteroatoms. The molecule has 1 aliphatic heterocycles. The van der Waals surface area contributed by atoms with Gasteiger partial charge in [0.15, 0.2) is 0 Å². The van der Waals surface area contributed by atoms with E-state index in [-0.39, 0.29) is 23.3 Å². The van der Waals surface area contributed by atoms with Crippen molar-refractivity contribution in [3.63, 3.8) is 0 Å². The summed E-state index contributed by atoms with van der Waals surface area (Å²) in [5.41, 5.74) is 0.873. The van der Waals surface area contributed by atoms with Crippen molar-refractivity contribution in [3.8, 4) is 11.4 Å². The highest BCUT2D eigenvalue weighted by Crippen LogP contribution is 2.32. The van der Waals surface area contributed by atoms with Crippen molar-refractivity contribution >= 4 is 16.8 Å². The van der Waals surface area contributed by atoms with Crippen LogP contribution in [0, 0.1) is 0 Å². The summed E-state index contributed by atoms with van der Waals surface area (Å²) in [5.74, 6) is 0.383. The molecule has 1 saturated heterocycles. The first kappa shape index (κ1) is 23.0. The number of pyridine rings is 1. The molecule has 1 atom stereocenters. The van der Waals surface area contributed by atoms with Gasteiger partial charge in [0.25, 0.3) is 5.91 Å². The molecule has 1 fully saturated rings. The van der Waals surface area contributed by atoms with Gasteiger partial charge in [-0.1, -0.05) is 35.5 Å². The zero-order valence-electron chi connectivity index (χ0n) is 18.9. The van der Waals surface area contributed by atoms with E-state index in [1.54, 1.807) is 12.3 Å². The Kier molecular flexibility index (Phi) is 5.98. The minimum absolute atomic E-state index is 0.0412. The summed E-state index contributed by atoms with van der Waals surface area (Å²) in [6, 6.07) is 13.9. The van der Waals surface area contributed by atoms with E-state index in [1.807, 2.05) is 36.1 Å². The number of amides is 1. The summed E-state index contributed by atoms with van der Waals surface area (Å²) in [6.45, 7) is 4.13. The molecule has 4 aromatic rings. The van der Waals surface area contributed by atoms with E-state index >= 15 is 0 Å². The van der Waals surface area contributed by atoms with Crippen LogP contribution in [0.4, 0.5) is 13.2 Å². The molecule has 5 rings (SSSR count). The molecular formula is C25H22F3N5O2. The van der Waals surface area contributed by atoms with Crippen LogP contribution < -0.4 is 0 Å². The number of nitrogens with zero attached hydrogens (tertiary/aromatic N) is 5. The molecule has 1 aliphatic rings. The molecule has 1 unspecified atom stereocenters. The van der Waals surface area contributed by atoms with Gasteiger partial charge in [0.05, 0.1) is 22.7 Å². The maximum atomic E-state index is 13.2. The van der Waals surface area contributed by atoms with E-state index in [0.29, 0.717) is 37.6 Å². The lowest BCUT2D eigenvalue weighted by molar-refractivity contribution is -0.137. The molecule has 0 N–H and O–H groups in total. The number of benzene rings is 2. The van der Waals surface area contributed by atoms with E-state index in [9.17, 15) is 18.0 Å². The Hall–Kier alpha value is -3.79. The Labute approximate surface area is 199 Å². The van der Waals surface area contributed by atoms with Gasteiger partial charge >= 0.3 is 6.18 Å². The maximum Gasteiger partial charge on any atom is 0.416 e. The lowest BCUT2D eigenvalue weighted by atomic mass is 10.1. The minimum atomic E-state index is -4.45. The van der Waals surface area contributed by atoms with E-state index < -0.39 is 11.7 Å². The van der Waals surface area contributed by atoms with Crippen LogP contribution in [0.5, 0.6) is 0 Å². The number of rotatable bonds is 4. The second kappa shape index (κ2) is 9.10. The van der Waals surface area contributed by atoms with Gasteiger partial charge in [-0.05, 0) is 31.2 Å². The van der Waals surface area contributed by atoms with Crippen molar-refractivity contribution in [2.24, 2.45) is 0 Å². The number of aromatic nitrogens is 3. The summed E-state index contributed by atoms with van der Waals surface area (Å²) in [6.07, 6.45) is -2.80. The Morgan fingerprint density at radius 3 is 2.57 bits per heavy atom. The lowest BCUT2D eigenvalue weighted by Crippen LogP contribution is -2.49. The molecule has 1 amide bonds. The molecule has 3 heterocycles. The molecule has 0 saturated carbocycles. The van der Waals surface area contributed by atoms with Crippen LogP contribution in [-0.2, 0) is 6.18 Å². The van der Waals surface area contributed by atoms with Crippen molar-refractivity contribution in [1.29, 1.82) is 0 Å². The number of alkyl halides is 3. The molecule has 0 bridgehead atoms. The Bertz CT molecular complexity index is 1360. The fourth-order valence-electron chi connectivity index (χ4n) is 4.28. The fraction of sp³-hybridized carbons (Fsp3) is 0.280. The van der Waals surface area contributed by atoms with Crippen molar-refractivity contribution in [3.05, 3.63) is 77.8 Å². The minimum Gasteiger partial charge on any atom is -0.337 e. The van der Waals surface area contributed by atoms with Crippen LogP contribution in [-0.4, -0.2) is 57.0 Å². The number of hydrogen-bond donors (Lipinski definition) is 0. The van der Waals surface area contributed by atoms with Gasteiger partial charge in [0, 0.05) is 43.3 Å². The first-order valence-electron chi connectivity index (χ1n) is 11.2. The number of piperazine rings is 1. The third kappa shape index (κ3) is 4.61. The molecule has 0 spiro atoms. The molecule has 180 valence electrons. The van der Waals surface area contributed by atoms with E-state index in [2.05, 4.69) is 20.0 Å².